The van der Waals surface area contributed by atoms with Crippen molar-refractivity contribution >= 4 is 5.91 Å². The number of nitrogens with one attached hydrogen (secondary N) is 1. The maximum atomic E-state index is 12.2. The Balaban J connectivity index is 2.17. The van der Waals surface area contributed by atoms with E-state index in [1.165, 1.54) is 12.3 Å². The number of nitrogens with zero attached hydrogens (tertiary/aromatic N) is 1. The van der Waals surface area contributed by atoms with Crippen molar-refractivity contribution in [3.63, 3.8) is 0 Å². The van der Waals surface area contributed by atoms with E-state index in [1.54, 1.807) is 18.0 Å². The van der Waals surface area contributed by atoms with Crippen LogP contribution in [0.1, 0.15) is 21.5 Å². The molecule has 0 aliphatic rings. The Morgan fingerprint density at radius 3 is 2.60 bits per heavy atom. The van der Waals surface area contributed by atoms with Gasteiger partial charge < -0.3 is 15.6 Å². The van der Waals surface area contributed by atoms with Gasteiger partial charge in [0.2, 0.25) is 5.56 Å². The Hall–Kier alpha value is -2.40. The number of carbonyl (C=O) groups is 1. The zero-order chi connectivity index (χ0) is 14.5. The molecular formula is C15H17N3O2. The Morgan fingerprint density at radius 2 is 1.95 bits per heavy atom. The maximum Gasteiger partial charge on any atom is 0.254 e. The van der Waals surface area contributed by atoms with Crippen molar-refractivity contribution in [2.45, 2.75) is 13.1 Å². The van der Waals surface area contributed by atoms with Gasteiger partial charge >= 0.3 is 0 Å². The quantitative estimate of drug-likeness (QED) is 0.874. The lowest BCUT2D eigenvalue weighted by Gasteiger charge is -2.19. The van der Waals surface area contributed by atoms with Gasteiger partial charge in [-0.15, -0.1) is 0 Å². The van der Waals surface area contributed by atoms with Crippen LogP contribution in [0.5, 0.6) is 0 Å². The molecule has 0 radical (unpaired) electrons. The number of rotatable bonds is 4. The highest BCUT2D eigenvalue weighted by Gasteiger charge is 2.13. The van der Waals surface area contributed by atoms with E-state index in [0.717, 1.165) is 11.1 Å². The second kappa shape index (κ2) is 6.16. The van der Waals surface area contributed by atoms with Gasteiger partial charge in [0, 0.05) is 38.0 Å². The average molecular weight is 271 g/mol. The van der Waals surface area contributed by atoms with E-state index >= 15 is 0 Å². The van der Waals surface area contributed by atoms with Crippen LogP contribution in [0.3, 0.4) is 0 Å². The molecule has 0 atom stereocenters. The molecule has 5 heteroatoms. The molecule has 0 bridgehead atoms. The van der Waals surface area contributed by atoms with Crippen molar-refractivity contribution in [1.29, 1.82) is 0 Å². The molecule has 0 aliphatic heterocycles. The van der Waals surface area contributed by atoms with Gasteiger partial charge in [-0.1, -0.05) is 24.3 Å². The fourth-order valence-corrected chi connectivity index (χ4v) is 2.04. The molecule has 20 heavy (non-hydrogen) atoms. The van der Waals surface area contributed by atoms with Gasteiger partial charge in [-0.2, -0.15) is 0 Å². The van der Waals surface area contributed by atoms with Crippen LogP contribution in [0.15, 0.2) is 47.4 Å². The topological polar surface area (TPSA) is 79.2 Å². The zero-order valence-corrected chi connectivity index (χ0v) is 11.3. The van der Waals surface area contributed by atoms with E-state index in [0.29, 0.717) is 18.7 Å². The molecule has 2 aromatic rings. The summed E-state index contributed by atoms with van der Waals surface area (Å²) in [6, 6.07) is 10.6. The van der Waals surface area contributed by atoms with E-state index in [1.807, 2.05) is 24.3 Å². The number of benzene rings is 1. The molecule has 0 spiro atoms. The smallest absolute Gasteiger partial charge is 0.254 e. The number of amides is 1. The molecular weight excluding hydrogens is 254 g/mol. The van der Waals surface area contributed by atoms with Crippen LogP contribution in [0.4, 0.5) is 0 Å². The normalized spacial score (nSPS) is 10.3. The van der Waals surface area contributed by atoms with E-state index in [9.17, 15) is 9.59 Å². The van der Waals surface area contributed by atoms with Crippen LogP contribution >= 0.6 is 0 Å². The van der Waals surface area contributed by atoms with Crippen molar-refractivity contribution in [3.05, 3.63) is 69.6 Å². The molecule has 0 saturated heterocycles. The van der Waals surface area contributed by atoms with Crippen molar-refractivity contribution < 1.29 is 4.79 Å². The average Bonchev–Trinajstić information content (AvgIpc) is 2.47. The number of aromatic amines is 1. The molecule has 1 aromatic heterocycles. The summed E-state index contributed by atoms with van der Waals surface area (Å²) in [4.78, 5) is 27.5. The SMILES string of the molecule is CN(Cc1ccccc1CN)C(=O)c1cc[nH]c(=O)c1. The fourth-order valence-electron chi connectivity index (χ4n) is 2.04. The van der Waals surface area contributed by atoms with Crippen LogP contribution in [0.2, 0.25) is 0 Å². The minimum Gasteiger partial charge on any atom is -0.337 e. The second-order valence-corrected chi connectivity index (χ2v) is 4.58. The predicted octanol–water partition coefficient (Wildman–Crippen LogP) is 1.11. The summed E-state index contributed by atoms with van der Waals surface area (Å²) in [6.07, 6.45) is 1.47. The lowest BCUT2D eigenvalue weighted by molar-refractivity contribution is 0.0784. The fraction of sp³-hybridized carbons (Fsp3) is 0.200. The molecule has 1 aromatic carbocycles. The van der Waals surface area contributed by atoms with Gasteiger partial charge in [0.15, 0.2) is 0 Å². The summed E-state index contributed by atoms with van der Waals surface area (Å²) in [5.74, 6) is -0.192. The number of pyridine rings is 1. The maximum absolute atomic E-state index is 12.2. The number of H-pyrrole nitrogens is 1. The molecule has 5 nitrogen and oxygen atoms in total. The lowest BCUT2D eigenvalue weighted by Crippen LogP contribution is -2.27. The number of aromatic nitrogens is 1. The van der Waals surface area contributed by atoms with Gasteiger partial charge in [-0.25, -0.2) is 0 Å². The number of carbonyl (C=O) groups excluding carboxylic acids is 1. The van der Waals surface area contributed by atoms with Gasteiger partial charge in [0.25, 0.3) is 5.91 Å². The largest absolute Gasteiger partial charge is 0.337 e. The van der Waals surface area contributed by atoms with Crippen LogP contribution in [-0.4, -0.2) is 22.8 Å². The third-order valence-corrected chi connectivity index (χ3v) is 3.11. The summed E-state index contributed by atoms with van der Waals surface area (Å²) >= 11 is 0. The molecule has 0 aliphatic carbocycles. The van der Waals surface area contributed by atoms with Crippen molar-refractivity contribution in [2.75, 3.05) is 7.05 Å². The van der Waals surface area contributed by atoms with Crippen molar-refractivity contribution in [3.8, 4) is 0 Å². The van der Waals surface area contributed by atoms with E-state index < -0.39 is 0 Å². The lowest BCUT2D eigenvalue weighted by atomic mass is 10.1. The second-order valence-electron chi connectivity index (χ2n) is 4.58. The highest BCUT2D eigenvalue weighted by atomic mass is 16.2. The highest BCUT2D eigenvalue weighted by Crippen LogP contribution is 2.12. The Bertz CT molecular complexity index is 664. The molecule has 1 amide bonds. The summed E-state index contributed by atoms with van der Waals surface area (Å²) in [5.41, 5.74) is 7.80. The van der Waals surface area contributed by atoms with E-state index in [2.05, 4.69) is 4.98 Å². The summed E-state index contributed by atoms with van der Waals surface area (Å²) in [7, 11) is 1.71. The first-order chi connectivity index (χ1) is 9.61. The number of hydrogen-bond acceptors (Lipinski definition) is 3. The van der Waals surface area contributed by atoms with Crippen LogP contribution in [0.25, 0.3) is 0 Å². The summed E-state index contributed by atoms with van der Waals surface area (Å²) in [5, 5.41) is 0. The minimum absolute atomic E-state index is 0.192. The molecule has 1 heterocycles. The Kier molecular flexibility index (Phi) is 4.32. The molecule has 104 valence electrons. The van der Waals surface area contributed by atoms with Crippen molar-refractivity contribution in [2.24, 2.45) is 5.73 Å². The Labute approximate surface area is 117 Å². The monoisotopic (exact) mass is 271 g/mol. The number of hydrogen-bond donors (Lipinski definition) is 2. The minimum atomic E-state index is -0.286. The number of nitrogens with two attached hydrogens (primary N) is 1. The van der Waals surface area contributed by atoms with Crippen LogP contribution < -0.4 is 11.3 Å². The highest BCUT2D eigenvalue weighted by molar-refractivity contribution is 5.93. The Morgan fingerprint density at radius 1 is 1.25 bits per heavy atom. The molecule has 0 unspecified atom stereocenters. The summed E-state index contributed by atoms with van der Waals surface area (Å²) < 4.78 is 0. The first kappa shape index (κ1) is 14.0. The van der Waals surface area contributed by atoms with Crippen LogP contribution in [0, 0.1) is 0 Å². The third-order valence-electron chi connectivity index (χ3n) is 3.11. The first-order valence-electron chi connectivity index (χ1n) is 6.33. The van der Waals surface area contributed by atoms with Crippen molar-refractivity contribution in [1.82, 2.24) is 9.88 Å². The molecule has 3 N–H and O–H groups in total. The van der Waals surface area contributed by atoms with Gasteiger partial charge in [0.05, 0.1) is 0 Å². The molecule has 2 rings (SSSR count). The van der Waals surface area contributed by atoms with E-state index in [-0.39, 0.29) is 11.5 Å². The zero-order valence-electron chi connectivity index (χ0n) is 11.3. The first-order valence-corrected chi connectivity index (χ1v) is 6.33. The van der Waals surface area contributed by atoms with Crippen LogP contribution in [-0.2, 0) is 13.1 Å². The van der Waals surface area contributed by atoms with Gasteiger partial charge in [0.1, 0.15) is 0 Å². The molecule has 0 fully saturated rings. The third kappa shape index (κ3) is 3.13. The standard InChI is InChI=1S/C15H17N3O2/c1-18(10-13-5-3-2-4-12(13)9-16)15(20)11-6-7-17-14(19)8-11/h2-8H,9-10,16H2,1H3,(H,17,19). The summed E-state index contributed by atoms with van der Waals surface area (Å²) in [6.45, 7) is 0.891. The van der Waals surface area contributed by atoms with Gasteiger partial charge in [-0.3, -0.25) is 9.59 Å². The molecule has 0 saturated carbocycles. The van der Waals surface area contributed by atoms with Gasteiger partial charge in [-0.05, 0) is 17.2 Å². The van der Waals surface area contributed by atoms with E-state index in [4.69, 9.17) is 5.73 Å². The predicted molar refractivity (Wildman–Crippen MR) is 77.2 cm³/mol.